The zero-order chi connectivity index (χ0) is 15.8. The van der Waals surface area contributed by atoms with Gasteiger partial charge >= 0.3 is 0 Å². The molecule has 3 nitrogen and oxygen atoms in total. The van der Waals surface area contributed by atoms with Crippen LogP contribution in [0.2, 0.25) is 0 Å². The van der Waals surface area contributed by atoms with E-state index in [9.17, 15) is 5.11 Å². The van der Waals surface area contributed by atoms with Gasteiger partial charge in [0.05, 0.1) is 7.11 Å². The molecule has 3 heteroatoms. The highest BCUT2D eigenvalue weighted by Crippen LogP contribution is 2.55. The number of benzene rings is 1. The van der Waals surface area contributed by atoms with Gasteiger partial charge < -0.3 is 14.6 Å². The van der Waals surface area contributed by atoms with Crippen LogP contribution in [0.5, 0.6) is 0 Å². The molecule has 0 radical (unpaired) electrons. The van der Waals surface area contributed by atoms with Crippen LogP contribution in [0.3, 0.4) is 0 Å². The summed E-state index contributed by atoms with van der Waals surface area (Å²) in [6, 6.07) is 7.75. The van der Waals surface area contributed by atoms with Gasteiger partial charge in [-0.3, -0.25) is 0 Å². The van der Waals surface area contributed by atoms with Crippen molar-refractivity contribution in [3.05, 3.63) is 53.5 Å². The second-order valence-corrected chi connectivity index (χ2v) is 6.10. The van der Waals surface area contributed by atoms with E-state index in [1.165, 1.54) is 7.11 Å². The monoisotopic (exact) mass is 288 g/mol. The van der Waals surface area contributed by atoms with Crippen LogP contribution < -0.4 is 0 Å². The van der Waals surface area contributed by atoms with Gasteiger partial charge in [-0.15, -0.1) is 0 Å². The van der Waals surface area contributed by atoms with E-state index in [0.717, 1.165) is 5.56 Å². The number of aliphatic hydroxyl groups is 1. The molecule has 1 unspecified atom stereocenters. The van der Waals surface area contributed by atoms with Crippen LogP contribution in [0.4, 0.5) is 0 Å². The fourth-order valence-corrected chi connectivity index (χ4v) is 3.50. The molecule has 0 fully saturated rings. The van der Waals surface area contributed by atoms with Crippen LogP contribution in [-0.4, -0.2) is 12.2 Å². The summed E-state index contributed by atoms with van der Waals surface area (Å²) in [5, 5.41) is 11.1. The molecule has 1 aromatic rings. The van der Waals surface area contributed by atoms with Crippen molar-refractivity contribution in [2.45, 2.75) is 39.1 Å². The van der Waals surface area contributed by atoms with Crippen LogP contribution in [0, 0.1) is 11.8 Å². The first-order valence-corrected chi connectivity index (χ1v) is 7.31. The number of fused-ring (bicyclic) bond motifs is 1. The normalized spacial score (nSPS) is 23.0. The van der Waals surface area contributed by atoms with E-state index < -0.39 is 11.4 Å². The lowest BCUT2D eigenvalue weighted by molar-refractivity contribution is -0.275. The van der Waals surface area contributed by atoms with E-state index in [-0.39, 0.29) is 17.6 Å². The van der Waals surface area contributed by atoms with Crippen LogP contribution in [0.1, 0.15) is 38.8 Å². The zero-order valence-corrected chi connectivity index (χ0v) is 13.4. The quantitative estimate of drug-likeness (QED) is 0.678. The van der Waals surface area contributed by atoms with Gasteiger partial charge in [0.2, 0.25) is 5.76 Å². The summed E-state index contributed by atoms with van der Waals surface area (Å²) in [5.41, 5.74) is 3.79. The van der Waals surface area contributed by atoms with Crippen LogP contribution in [-0.2, 0) is 20.9 Å². The van der Waals surface area contributed by atoms with Gasteiger partial charge in [-0.25, -0.2) is 0 Å². The Bertz CT molecular complexity index is 574. The lowest BCUT2D eigenvalue weighted by atomic mass is 9.75. The lowest BCUT2D eigenvalue weighted by Gasteiger charge is -2.39. The van der Waals surface area contributed by atoms with E-state index in [1.54, 1.807) is 0 Å². The van der Waals surface area contributed by atoms with Crippen molar-refractivity contribution >= 4 is 0 Å². The molecule has 0 saturated carbocycles. The van der Waals surface area contributed by atoms with Crippen molar-refractivity contribution < 1.29 is 14.6 Å². The molecule has 1 heterocycles. The molecule has 1 atom stereocenters. The van der Waals surface area contributed by atoms with Gasteiger partial charge in [-0.2, -0.15) is 0 Å². The van der Waals surface area contributed by atoms with E-state index in [2.05, 4.69) is 40.0 Å². The van der Waals surface area contributed by atoms with Crippen LogP contribution in [0.15, 0.2) is 42.3 Å². The fraction of sp³-hybridized carbons (Fsp3) is 0.500. The van der Waals surface area contributed by atoms with Crippen molar-refractivity contribution in [3.63, 3.8) is 0 Å². The average molecular weight is 288 g/mol. The Hall–Kier alpha value is -1.54. The van der Waals surface area contributed by atoms with Gasteiger partial charge in [-0.05, 0) is 17.4 Å². The highest BCUT2D eigenvalue weighted by molar-refractivity contribution is 5.44. The SMILES string of the molecule is C=C=C(OC)C1(O)OC(C(C)C)(C(C)C)c2ccccc21. The first kappa shape index (κ1) is 15.8. The van der Waals surface area contributed by atoms with Crippen molar-refractivity contribution in [1.82, 2.24) is 0 Å². The van der Waals surface area contributed by atoms with E-state index in [0.29, 0.717) is 5.56 Å². The Morgan fingerprint density at radius 2 is 1.71 bits per heavy atom. The topological polar surface area (TPSA) is 38.7 Å². The third kappa shape index (κ3) is 2.04. The molecule has 1 aliphatic heterocycles. The van der Waals surface area contributed by atoms with Crippen molar-refractivity contribution in [2.75, 3.05) is 7.11 Å². The highest BCUT2D eigenvalue weighted by atomic mass is 16.7. The average Bonchev–Trinajstić information content (AvgIpc) is 2.72. The molecule has 0 saturated heterocycles. The lowest BCUT2D eigenvalue weighted by Crippen LogP contribution is -2.41. The van der Waals surface area contributed by atoms with E-state index in [1.807, 2.05) is 24.3 Å². The fourth-order valence-electron chi connectivity index (χ4n) is 3.50. The summed E-state index contributed by atoms with van der Waals surface area (Å²) in [6.07, 6.45) is 0. The van der Waals surface area contributed by atoms with Gasteiger partial charge in [0.25, 0.3) is 5.79 Å². The number of hydrogen-bond donors (Lipinski definition) is 1. The van der Waals surface area contributed by atoms with E-state index >= 15 is 0 Å². The summed E-state index contributed by atoms with van der Waals surface area (Å²) in [7, 11) is 1.49. The van der Waals surface area contributed by atoms with Crippen LogP contribution in [0.25, 0.3) is 0 Å². The molecule has 114 valence electrons. The first-order chi connectivity index (χ1) is 9.84. The van der Waals surface area contributed by atoms with Gasteiger partial charge in [0, 0.05) is 5.56 Å². The van der Waals surface area contributed by atoms with Crippen molar-refractivity contribution in [2.24, 2.45) is 11.8 Å². The Morgan fingerprint density at radius 1 is 1.19 bits per heavy atom. The maximum absolute atomic E-state index is 11.1. The van der Waals surface area contributed by atoms with E-state index in [4.69, 9.17) is 9.47 Å². The highest BCUT2D eigenvalue weighted by Gasteiger charge is 2.58. The Labute approximate surface area is 126 Å². The molecule has 0 aromatic heterocycles. The molecular formula is C18H24O3. The van der Waals surface area contributed by atoms with Gasteiger partial charge in [-0.1, -0.05) is 64.3 Å². The number of rotatable bonds is 4. The maximum atomic E-state index is 11.1. The standard InChI is InChI=1S/C18H24O3/c1-7-16(20-6)18(19)15-11-9-8-10-14(15)17(21-18,12(2)3)13(4)5/h8-13,19H,1H2,2-6H3. The number of ether oxygens (including phenoxy) is 2. The summed E-state index contributed by atoms with van der Waals surface area (Å²) in [5.74, 6) is -1.06. The third-order valence-corrected chi connectivity index (χ3v) is 4.42. The molecule has 1 aliphatic rings. The number of methoxy groups -OCH3 is 1. The molecule has 1 N–H and O–H groups in total. The summed E-state index contributed by atoms with van der Waals surface area (Å²) in [6.45, 7) is 12.0. The molecule has 2 rings (SSSR count). The minimum atomic E-state index is -1.64. The molecule has 1 aromatic carbocycles. The van der Waals surface area contributed by atoms with Crippen molar-refractivity contribution in [1.29, 1.82) is 0 Å². The second kappa shape index (κ2) is 5.34. The molecule has 21 heavy (non-hydrogen) atoms. The number of hydrogen-bond acceptors (Lipinski definition) is 3. The van der Waals surface area contributed by atoms with Gasteiger partial charge in [0.1, 0.15) is 5.60 Å². The smallest absolute Gasteiger partial charge is 0.261 e. The third-order valence-electron chi connectivity index (χ3n) is 4.42. The Morgan fingerprint density at radius 3 is 2.14 bits per heavy atom. The molecular weight excluding hydrogens is 264 g/mol. The van der Waals surface area contributed by atoms with Gasteiger partial charge in [0.15, 0.2) is 0 Å². The second-order valence-electron chi connectivity index (χ2n) is 6.10. The summed E-state index contributed by atoms with van der Waals surface area (Å²) >= 11 is 0. The predicted octanol–water partition coefficient (Wildman–Crippen LogP) is 3.68. The molecule has 0 amide bonds. The first-order valence-electron chi connectivity index (χ1n) is 7.31. The Kier molecular flexibility index (Phi) is 4.03. The minimum Gasteiger partial charge on any atom is -0.488 e. The molecule has 0 aliphatic carbocycles. The molecule has 0 spiro atoms. The predicted molar refractivity (Wildman–Crippen MR) is 82.4 cm³/mol. The summed E-state index contributed by atoms with van der Waals surface area (Å²) in [4.78, 5) is 0. The summed E-state index contributed by atoms with van der Waals surface area (Å²) < 4.78 is 11.5. The zero-order valence-electron chi connectivity index (χ0n) is 13.4. The maximum Gasteiger partial charge on any atom is 0.261 e. The van der Waals surface area contributed by atoms with Crippen molar-refractivity contribution in [3.8, 4) is 0 Å². The largest absolute Gasteiger partial charge is 0.488 e. The Balaban J connectivity index is 2.76. The van der Waals surface area contributed by atoms with Crippen LogP contribution >= 0.6 is 0 Å². The minimum absolute atomic E-state index is 0.190. The molecule has 0 bridgehead atoms.